The second-order valence-electron chi connectivity index (χ2n) is 3.24. The zero-order valence-corrected chi connectivity index (χ0v) is 9.64. The number of hydrogen-bond acceptors (Lipinski definition) is 5. The van der Waals surface area contributed by atoms with Gasteiger partial charge in [0, 0.05) is 17.5 Å². The van der Waals surface area contributed by atoms with Crippen LogP contribution in [-0.2, 0) is 11.3 Å². The van der Waals surface area contributed by atoms with Crippen molar-refractivity contribution in [1.29, 1.82) is 0 Å². The van der Waals surface area contributed by atoms with Gasteiger partial charge in [0.25, 0.3) is 0 Å². The number of terminal acetylenes is 1. The van der Waals surface area contributed by atoms with Crippen molar-refractivity contribution in [1.82, 2.24) is 4.90 Å². The van der Waals surface area contributed by atoms with Crippen molar-refractivity contribution in [3.8, 4) is 12.3 Å². The third-order valence-corrected chi connectivity index (χ3v) is 2.90. The van der Waals surface area contributed by atoms with Crippen molar-refractivity contribution in [3.05, 3.63) is 27.1 Å². The predicted octanol–water partition coefficient (Wildman–Crippen LogP) is 1.18. The minimum absolute atomic E-state index is 0.0379. The topological polar surface area (TPSA) is 83.7 Å². The van der Waals surface area contributed by atoms with Gasteiger partial charge in [-0.1, -0.05) is 17.3 Å². The molecule has 0 saturated heterocycles. The fraction of sp³-hybridized carbons (Fsp3) is 0.300. The first-order valence-corrected chi connectivity index (χ1v) is 5.45. The molecule has 0 fully saturated rings. The van der Waals surface area contributed by atoms with Crippen molar-refractivity contribution in [3.63, 3.8) is 0 Å². The normalized spacial score (nSPS) is 10.1. The third kappa shape index (κ3) is 4.22. The predicted molar refractivity (Wildman–Crippen MR) is 62.7 cm³/mol. The Morgan fingerprint density at radius 1 is 1.65 bits per heavy atom. The lowest BCUT2D eigenvalue weighted by atomic mass is 10.4. The van der Waals surface area contributed by atoms with E-state index in [4.69, 9.17) is 11.5 Å². The quantitative estimate of drug-likeness (QED) is 0.468. The number of carbonyl (C=O) groups is 1. The molecule has 0 spiro atoms. The van der Waals surface area contributed by atoms with Crippen molar-refractivity contribution < 1.29 is 14.8 Å². The number of thiophene rings is 1. The van der Waals surface area contributed by atoms with Gasteiger partial charge in [0.1, 0.15) is 0 Å². The van der Waals surface area contributed by atoms with E-state index in [9.17, 15) is 14.9 Å². The van der Waals surface area contributed by atoms with Gasteiger partial charge in [-0.3, -0.25) is 19.8 Å². The van der Waals surface area contributed by atoms with Gasteiger partial charge < -0.3 is 5.11 Å². The second-order valence-corrected chi connectivity index (χ2v) is 4.39. The van der Waals surface area contributed by atoms with Gasteiger partial charge in [-0.2, -0.15) is 0 Å². The third-order valence-electron chi connectivity index (χ3n) is 1.88. The molecule has 0 bridgehead atoms. The minimum Gasteiger partial charge on any atom is -0.480 e. The highest BCUT2D eigenvalue weighted by atomic mass is 32.1. The standard InChI is InChI=1S/C10H10N2O4S/c1-2-5-11(7-10(13)14)6-8-3-4-9(17-8)12(15)16/h1,3-4H,5-7H2,(H,13,14). The number of nitro groups is 1. The Bertz CT molecular complexity index is 463. The van der Waals surface area contributed by atoms with Gasteiger partial charge in [0.05, 0.1) is 18.0 Å². The van der Waals surface area contributed by atoms with E-state index >= 15 is 0 Å². The molecule has 0 aliphatic carbocycles. The van der Waals surface area contributed by atoms with E-state index in [2.05, 4.69) is 5.92 Å². The molecule has 0 atom stereocenters. The Morgan fingerprint density at radius 2 is 2.35 bits per heavy atom. The number of carboxylic acid groups (broad SMARTS) is 1. The van der Waals surface area contributed by atoms with E-state index in [0.717, 1.165) is 11.3 Å². The van der Waals surface area contributed by atoms with Crippen LogP contribution in [0.15, 0.2) is 12.1 Å². The maximum Gasteiger partial charge on any atom is 0.324 e. The summed E-state index contributed by atoms with van der Waals surface area (Å²) in [6.07, 6.45) is 5.12. The molecule has 0 unspecified atom stereocenters. The summed E-state index contributed by atoms with van der Waals surface area (Å²) >= 11 is 1.02. The molecule has 90 valence electrons. The van der Waals surface area contributed by atoms with Crippen LogP contribution < -0.4 is 0 Å². The molecule has 7 heteroatoms. The number of carboxylic acids is 1. The molecule has 0 aliphatic heterocycles. The Balaban J connectivity index is 2.68. The molecule has 17 heavy (non-hydrogen) atoms. The Kier molecular flexibility index (Phi) is 4.63. The molecule has 6 nitrogen and oxygen atoms in total. The van der Waals surface area contributed by atoms with Gasteiger partial charge in [0.15, 0.2) is 0 Å². The average Bonchev–Trinajstić information content (AvgIpc) is 2.65. The van der Waals surface area contributed by atoms with Crippen LogP contribution in [0.5, 0.6) is 0 Å². The van der Waals surface area contributed by atoms with Gasteiger partial charge in [0.2, 0.25) is 0 Å². The summed E-state index contributed by atoms with van der Waals surface area (Å²) < 4.78 is 0. The molecule has 1 rings (SSSR count). The van der Waals surface area contributed by atoms with Crippen LogP contribution in [0.1, 0.15) is 4.88 Å². The molecule has 0 aliphatic rings. The van der Waals surface area contributed by atoms with Gasteiger partial charge in [-0.25, -0.2) is 0 Å². The minimum atomic E-state index is -0.980. The first-order valence-electron chi connectivity index (χ1n) is 4.63. The van der Waals surface area contributed by atoms with Crippen molar-refractivity contribution >= 4 is 22.3 Å². The van der Waals surface area contributed by atoms with E-state index in [0.29, 0.717) is 11.4 Å². The SMILES string of the molecule is C#CCN(CC(=O)O)Cc1ccc([N+](=O)[O-])s1. The van der Waals surface area contributed by atoms with E-state index in [1.807, 2.05) is 0 Å². The summed E-state index contributed by atoms with van der Waals surface area (Å²) in [5, 5.41) is 19.2. The van der Waals surface area contributed by atoms with Crippen LogP contribution in [0.25, 0.3) is 0 Å². The zero-order valence-electron chi connectivity index (χ0n) is 8.83. The molecule has 0 radical (unpaired) electrons. The Hall–Kier alpha value is -1.91. The van der Waals surface area contributed by atoms with Crippen LogP contribution >= 0.6 is 11.3 Å². The number of nitrogens with zero attached hydrogens (tertiary/aromatic N) is 2. The second kappa shape index (κ2) is 5.98. The fourth-order valence-corrected chi connectivity index (χ4v) is 2.12. The Morgan fingerprint density at radius 3 is 2.82 bits per heavy atom. The zero-order chi connectivity index (χ0) is 12.8. The summed E-state index contributed by atoms with van der Waals surface area (Å²) in [7, 11) is 0. The fourth-order valence-electron chi connectivity index (χ4n) is 1.26. The molecule has 1 aromatic heterocycles. The highest BCUT2D eigenvalue weighted by Gasteiger charge is 2.14. The van der Waals surface area contributed by atoms with Gasteiger partial charge in [-0.15, -0.1) is 6.42 Å². The average molecular weight is 254 g/mol. The van der Waals surface area contributed by atoms with Crippen LogP contribution in [0.2, 0.25) is 0 Å². The summed E-state index contributed by atoms with van der Waals surface area (Å²) in [5.74, 6) is 1.38. The molecule has 1 N–H and O–H groups in total. The summed E-state index contributed by atoms with van der Waals surface area (Å²) in [4.78, 5) is 22.8. The molecule has 1 aromatic rings. The molecular weight excluding hydrogens is 244 g/mol. The maximum atomic E-state index is 10.6. The smallest absolute Gasteiger partial charge is 0.324 e. The summed E-state index contributed by atoms with van der Waals surface area (Å²) in [6, 6.07) is 3.00. The van der Waals surface area contributed by atoms with E-state index in [1.165, 1.54) is 11.0 Å². The van der Waals surface area contributed by atoms with Crippen LogP contribution in [-0.4, -0.2) is 34.0 Å². The lowest BCUT2D eigenvalue weighted by Crippen LogP contribution is -2.29. The molecule has 0 aromatic carbocycles. The molecular formula is C10H10N2O4S. The maximum absolute atomic E-state index is 10.6. The van der Waals surface area contributed by atoms with Gasteiger partial charge in [-0.05, 0) is 6.07 Å². The molecule has 0 saturated carbocycles. The highest BCUT2D eigenvalue weighted by molar-refractivity contribution is 7.15. The van der Waals surface area contributed by atoms with Gasteiger partial charge >= 0.3 is 11.0 Å². The van der Waals surface area contributed by atoms with Crippen LogP contribution in [0.4, 0.5) is 5.00 Å². The largest absolute Gasteiger partial charge is 0.480 e. The summed E-state index contributed by atoms with van der Waals surface area (Å²) in [5.41, 5.74) is 0. The van der Waals surface area contributed by atoms with E-state index in [1.54, 1.807) is 6.07 Å². The van der Waals surface area contributed by atoms with E-state index in [-0.39, 0.29) is 18.1 Å². The van der Waals surface area contributed by atoms with Crippen molar-refractivity contribution in [2.75, 3.05) is 13.1 Å². The van der Waals surface area contributed by atoms with Crippen molar-refractivity contribution in [2.24, 2.45) is 0 Å². The van der Waals surface area contributed by atoms with Crippen molar-refractivity contribution in [2.45, 2.75) is 6.54 Å². The summed E-state index contributed by atoms with van der Waals surface area (Å²) in [6.45, 7) is 0.308. The molecule has 1 heterocycles. The highest BCUT2D eigenvalue weighted by Crippen LogP contribution is 2.24. The molecule has 0 amide bonds. The first kappa shape index (κ1) is 13.2. The number of rotatable bonds is 6. The lowest BCUT2D eigenvalue weighted by molar-refractivity contribution is -0.380. The Labute approximate surface area is 102 Å². The van der Waals surface area contributed by atoms with E-state index < -0.39 is 10.9 Å². The first-order chi connectivity index (χ1) is 8.02. The lowest BCUT2D eigenvalue weighted by Gasteiger charge is -2.15. The van der Waals surface area contributed by atoms with Crippen LogP contribution in [0, 0.1) is 22.5 Å². The number of hydrogen-bond donors (Lipinski definition) is 1. The monoisotopic (exact) mass is 254 g/mol. The number of aliphatic carboxylic acids is 1. The van der Waals surface area contributed by atoms with Crippen LogP contribution in [0.3, 0.4) is 0 Å².